The van der Waals surface area contributed by atoms with Gasteiger partial charge >= 0.3 is 0 Å². The fourth-order valence-corrected chi connectivity index (χ4v) is 2.64. The minimum Gasteiger partial charge on any atom is -0.507 e. The highest BCUT2D eigenvalue weighted by Crippen LogP contribution is 2.29. The van der Waals surface area contributed by atoms with E-state index >= 15 is 0 Å². The van der Waals surface area contributed by atoms with Crippen LogP contribution in [0.25, 0.3) is 11.1 Å². The van der Waals surface area contributed by atoms with Gasteiger partial charge in [-0.3, -0.25) is 0 Å². The second-order valence-corrected chi connectivity index (χ2v) is 5.87. The number of aryl methyl sites for hydroxylation is 2. The quantitative estimate of drug-likeness (QED) is 0.697. The molecule has 0 aliphatic heterocycles. The molecular weight excluding hydrogens is 303 g/mol. The minimum atomic E-state index is -0.357. The van der Waals surface area contributed by atoms with E-state index < -0.39 is 0 Å². The Morgan fingerprint density at radius 1 is 0.875 bits per heavy atom. The van der Waals surface area contributed by atoms with Gasteiger partial charge in [0.2, 0.25) is 0 Å². The molecular formula is C21H19FO2. The van der Waals surface area contributed by atoms with Gasteiger partial charge in [0.15, 0.2) is 11.6 Å². The van der Waals surface area contributed by atoms with Crippen LogP contribution in [0.1, 0.15) is 16.7 Å². The van der Waals surface area contributed by atoms with Crippen molar-refractivity contribution in [2.24, 2.45) is 0 Å². The number of phenols is 1. The number of halogens is 1. The topological polar surface area (TPSA) is 29.5 Å². The van der Waals surface area contributed by atoms with Gasteiger partial charge in [-0.05, 0) is 65.9 Å². The van der Waals surface area contributed by atoms with E-state index in [0.29, 0.717) is 12.4 Å². The predicted molar refractivity (Wildman–Crippen MR) is 93.7 cm³/mol. The van der Waals surface area contributed by atoms with E-state index in [1.54, 1.807) is 18.2 Å². The Morgan fingerprint density at radius 2 is 1.50 bits per heavy atom. The van der Waals surface area contributed by atoms with Gasteiger partial charge in [-0.2, -0.15) is 0 Å². The molecule has 0 spiro atoms. The highest BCUT2D eigenvalue weighted by atomic mass is 19.1. The Morgan fingerprint density at radius 3 is 2.12 bits per heavy atom. The van der Waals surface area contributed by atoms with Crippen molar-refractivity contribution < 1.29 is 14.2 Å². The number of hydrogen-bond acceptors (Lipinski definition) is 2. The monoisotopic (exact) mass is 322 g/mol. The van der Waals surface area contributed by atoms with Crippen LogP contribution in [0, 0.1) is 19.7 Å². The van der Waals surface area contributed by atoms with Crippen LogP contribution in [0.2, 0.25) is 0 Å². The summed E-state index contributed by atoms with van der Waals surface area (Å²) in [6.45, 7) is 4.10. The van der Waals surface area contributed by atoms with Gasteiger partial charge in [0.1, 0.15) is 12.4 Å². The number of phenolic OH excluding ortho intramolecular Hbond substituents is 1. The molecule has 0 aromatic heterocycles. The molecule has 0 saturated heterocycles. The summed E-state index contributed by atoms with van der Waals surface area (Å²) < 4.78 is 19.1. The zero-order chi connectivity index (χ0) is 17.1. The molecule has 0 bridgehead atoms. The summed E-state index contributed by atoms with van der Waals surface area (Å²) >= 11 is 0. The van der Waals surface area contributed by atoms with Crippen molar-refractivity contribution in [2.75, 3.05) is 0 Å². The third-order valence-electron chi connectivity index (χ3n) is 4.01. The third kappa shape index (κ3) is 3.40. The lowest BCUT2D eigenvalue weighted by molar-refractivity contribution is 0.290. The Kier molecular flexibility index (Phi) is 4.52. The van der Waals surface area contributed by atoms with Crippen LogP contribution >= 0.6 is 0 Å². The first-order valence-corrected chi connectivity index (χ1v) is 7.81. The molecule has 3 aromatic rings. The van der Waals surface area contributed by atoms with Crippen molar-refractivity contribution >= 4 is 0 Å². The van der Waals surface area contributed by atoms with E-state index in [2.05, 4.69) is 0 Å². The summed E-state index contributed by atoms with van der Waals surface area (Å²) in [6, 6.07) is 18.3. The SMILES string of the molecule is Cc1cc(-c2ccc(COc3ccccc3F)cc2)cc(C)c1O. The Bertz CT molecular complexity index is 831. The molecule has 0 heterocycles. The highest BCUT2D eigenvalue weighted by molar-refractivity contribution is 5.67. The van der Waals surface area contributed by atoms with Gasteiger partial charge in [0.05, 0.1) is 0 Å². The Hall–Kier alpha value is -2.81. The fraction of sp³-hybridized carbons (Fsp3) is 0.143. The standard InChI is InChI=1S/C21H19FO2/c1-14-11-18(12-15(2)21(14)23)17-9-7-16(8-10-17)13-24-20-6-4-3-5-19(20)22/h3-12,23H,13H2,1-2H3. The highest BCUT2D eigenvalue weighted by Gasteiger charge is 2.06. The minimum absolute atomic E-state index is 0.256. The van der Waals surface area contributed by atoms with Gasteiger partial charge in [-0.15, -0.1) is 0 Å². The van der Waals surface area contributed by atoms with Crippen LogP contribution in [-0.2, 0) is 6.61 Å². The van der Waals surface area contributed by atoms with Crippen molar-refractivity contribution in [2.45, 2.75) is 20.5 Å². The molecule has 3 aromatic carbocycles. The first-order chi connectivity index (χ1) is 11.5. The van der Waals surface area contributed by atoms with E-state index in [-0.39, 0.29) is 11.6 Å². The summed E-state index contributed by atoms with van der Waals surface area (Å²) in [6.07, 6.45) is 0. The number of benzene rings is 3. The van der Waals surface area contributed by atoms with Crippen LogP contribution < -0.4 is 4.74 Å². The summed E-state index contributed by atoms with van der Waals surface area (Å²) in [5.74, 6) is 0.240. The molecule has 24 heavy (non-hydrogen) atoms. The lowest BCUT2D eigenvalue weighted by Gasteiger charge is -2.10. The second-order valence-electron chi connectivity index (χ2n) is 5.87. The number of hydrogen-bond donors (Lipinski definition) is 1. The van der Waals surface area contributed by atoms with Crippen LogP contribution in [0.5, 0.6) is 11.5 Å². The Balaban J connectivity index is 1.75. The fourth-order valence-electron chi connectivity index (χ4n) is 2.64. The maximum absolute atomic E-state index is 13.5. The molecule has 0 fully saturated rings. The van der Waals surface area contributed by atoms with Crippen molar-refractivity contribution in [3.63, 3.8) is 0 Å². The van der Waals surface area contributed by atoms with E-state index in [0.717, 1.165) is 27.8 Å². The molecule has 122 valence electrons. The summed E-state index contributed by atoms with van der Waals surface area (Å²) in [4.78, 5) is 0. The zero-order valence-electron chi connectivity index (χ0n) is 13.7. The summed E-state index contributed by atoms with van der Waals surface area (Å²) in [5, 5.41) is 9.88. The van der Waals surface area contributed by atoms with Crippen molar-refractivity contribution in [3.05, 3.63) is 83.2 Å². The maximum atomic E-state index is 13.5. The maximum Gasteiger partial charge on any atom is 0.165 e. The normalized spacial score (nSPS) is 10.6. The van der Waals surface area contributed by atoms with E-state index in [9.17, 15) is 9.50 Å². The third-order valence-corrected chi connectivity index (χ3v) is 4.01. The van der Waals surface area contributed by atoms with Crippen LogP contribution in [0.3, 0.4) is 0 Å². The van der Waals surface area contributed by atoms with Gasteiger partial charge < -0.3 is 9.84 Å². The van der Waals surface area contributed by atoms with Crippen molar-refractivity contribution in [1.29, 1.82) is 0 Å². The molecule has 0 radical (unpaired) electrons. The average Bonchev–Trinajstić information content (AvgIpc) is 2.59. The smallest absolute Gasteiger partial charge is 0.165 e. The molecule has 0 saturated carbocycles. The molecule has 3 heteroatoms. The van der Waals surface area contributed by atoms with Gasteiger partial charge in [-0.1, -0.05) is 36.4 Å². The van der Waals surface area contributed by atoms with Crippen LogP contribution in [-0.4, -0.2) is 5.11 Å². The average molecular weight is 322 g/mol. The lowest BCUT2D eigenvalue weighted by atomic mass is 9.99. The first kappa shape index (κ1) is 16.1. The zero-order valence-corrected chi connectivity index (χ0v) is 13.7. The Labute approximate surface area is 141 Å². The summed E-state index contributed by atoms with van der Waals surface area (Å²) in [7, 11) is 0. The number of aromatic hydroxyl groups is 1. The van der Waals surface area contributed by atoms with Crippen molar-refractivity contribution in [3.8, 4) is 22.6 Å². The number of ether oxygens (including phenoxy) is 1. The molecule has 0 aliphatic rings. The molecule has 0 amide bonds. The predicted octanol–water partition coefficient (Wildman–Crippen LogP) is 5.39. The second kappa shape index (κ2) is 6.75. The van der Waals surface area contributed by atoms with Crippen LogP contribution in [0.15, 0.2) is 60.7 Å². The van der Waals surface area contributed by atoms with E-state index in [1.807, 2.05) is 50.2 Å². The molecule has 0 atom stereocenters. The largest absolute Gasteiger partial charge is 0.507 e. The van der Waals surface area contributed by atoms with Crippen molar-refractivity contribution in [1.82, 2.24) is 0 Å². The summed E-state index contributed by atoms with van der Waals surface area (Å²) in [5.41, 5.74) is 4.81. The number of para-hydroxylation sites is 1. The molecule has 3 rings (SSSR count). The first-order valence-electron chi connectivity index (χ1n) is 7.81. The van der Waals surface area contributed by atoms with Gasteiger partial charge in [-0.25, -0.2) is 4.39 Å². The molecule has 2 nitrogen and oxygen atoms in total. The molecule has 0 aliphatic carbocycles. The van der Waals surface area contributed by atoms with Gasteiger partial charge in [0.25, 0.3) is 0 Å². The van der Waals surface area contributed by atoms with E-state index in [4.69, 9.17) is 4.74 Å². The molecule has 0 unspecified atom stereocenters. The van der Waals surface area contributed by atoms with Gasteiger partial charge in [0, 0.05) is 0 Å². The molecule has 1 N–H and O–H groups in total. The van der Waals surface area contributed by atoms with E-state index in [1.165, 1.54) is 6.07 Å². The lowest BCUT2D eigenvalue weighted by Crippen LogP contribution is -1.97. The van der Waals surface area contributed by atoms with Crippen LogP contribution in [0.4, 0.5) is 4.39 Å². The number of rotatable bonds is 4.